The highest BCUT2D eigenvalue weighted by molar-refractivity contribution is 5.85. The zero-order chi connectivity index (χ0) is 8.53. The van der Waals surface area contributed by atoms with Gasteiger partial charge in [-0.3, -0.25) is 0 Å². The number of halogens is 1. The number of hydrogen-bond acceptors (Lipinski definition) is 1. The van der Waals surface area contributed by atoms with Crippen LogP contribution in [0.2, 0.25) is 0 Å². The molecule has 0 fully saturated rings. The fraction of sp³-hybridized carbons (Fsp3) is 0.800. The van der Waals surface area contributed by atoms with Gasteiger partial charge in [0.05, 0.1) is 0 Å². The molecule has 0 rings (SSSR count). The maximum Gasteiger partial charge on any atom is 0.0141 e. The Hall–Kier alpha value is -0.170. The Morgan fingerprint density at radius 3 is 2.42 bits per heavy atom. The van der Waals surface area contributed by atoms with Gasteiger partial charge in [-0.25, -0.2) is 0 Å². The Morgan fingerprint density at radius 1 is 1.25 bits per heavy atom. The summed E-state index contributed by atoms with van der Waals surface area (Å²) in [6.45, 7) is 7.72. The van der Waals surface area contributed by atoms with Crippen LogP contribution in [0.1, 0.15) is 40.0 Å². The SMILES string of the molecule is CCCCCNC=CC(C)C.Cl. The lowest BCUT2D eigenvalue weighted by Crippen LogP contribution is -2.06. The summed E-state index contributed by atoms with van der Waals surface area (Å²) < 4.78 is 0. The van der Waals surface area contributed by atoms with Crippen LogP contribution in [0.5, 0.6) is 0 Å². The van der Waals surface area contributed by atoms with Gasteiger partial charge in [-0.1, -0.05) is 39.7 Å². The van der Waals surface area contributed by atoms with Crippen molar-refractivity contribution in [3.63, 3.8) is 0 Å². The van der Waals surface area contributed by atoms with Crippen LogP contribution in [-0.4, -0.2) is 6.54 Å². The van der Waals surface area contributed by atoms with E-state index >= 15 is 0 Å². The number of allylic oxidation sites excluding steroid dienone is 1. The van der Waals surface area contributed by atoms with Crippen LogP contribution in [0.4, 0.5) is 0 Å². The van der Waals surface area contributed by atoms with Gasteiger partial charge in [0.2, 0.25) is 0 Å². The van der Waals surface area contributed by atoms with Crippen LogP contribution in [-0.2, 0) is 0 Å². The lowest BCUT2D eigenvalue weighted by Gasteiger charge is -1.99. The van der Waals surface area contributed by atoms with Gasteiger partial charge in [0.1, 0.15) is 0 Å². The van der Waals surface area contributed by atoms with Crippen molar-refractivity contribution < 1.29 is 0 Å². The smallest absolute Gasteiger partial charge is 0.0141 e. The highest BCUT2D eigenvalue weighted by Crippen LogP contribution is 1.93. The minimum absolute atomic E-state index is 0. The van der Waals surface area contributed by atoms with Crippen LogP contribution in [0.25, 0.3) is 0 Å². The highest BCUT2D eigenvalue weighted by Gasteiger charge is 1.83. The molecule has 0 aliphatic rings. The molecule has 0 saturated carbocycles. The van der Waals surface area contributed by atoms with E-state index in [0.29, 0.717) is 5.92 Å². The maximum atomic E-state index is 3.27. The van der Waals surface area contributed by atoms with Crippen molar-refractivity contribution in [2.24, 2.45) is 5.92 Å². The summed E-state index contributed by atoms with van der Waals surface area (Å²) in [5.74, 6) is 0.661. The van der Waals surface area contributed by atoms with Crippen LogP contribution < -0.4 is 5.32 Å². The maximum absolute atomic E-state index is 3.27. The molecular weight excluding hydrogens is 170 g/mol. The topological polar surface area (TPSA) is 12.0 Å². The fourth-order valence-corrected chi connectivity index (χ4v) is 0.821. The van der Waals surface area contributed by atoms with Gasteiger partial charge in [0.25, 0.3) is 0 Å². The number of hydrogen-bond donors (Lipinski definition) is 1. The number of unbranched alkanes of at least 4 members (excludes halogenated alkanes) is 2. The lowest BCUT2D eigenvalue weighted by atomic mass is 10.2. The highest BCUT2D eigenvalue weighted by atomic mass is 35.5. The second-order valence-corrected chi connectivity index (χ2v) is 3.26. The fourth-order valence-electron chi connectivity index (χ4n) is 0.821. The van der Waals surface area contributed by atoms with Gasteiger partial charge in [-0.05, 0) is 18.5 Å². The molecule has 0 amide bonds. The average molecular weight is 192 g/mol. The summed E-state index contributed by atoms with van der Waals surface area (Å²) in [5, 5.41) is 3.27. The standard InChI is InChI=1S/C10H21N.ClH/c1-4-5-6-8-11-9-7-10(2)3;/h7,9-11H,4-6,8H2,1-3H3;1H. The van der Waals surface area contributed by atoms with Crippen LogP contribution in [0.3, 0.4) is 0 Å². The van der Waals surface area contributed by atoms with Crippen molar-refractivity contribution >= 4 is 12.4 Å². The molecule has 12 heavy (non-hydrogen) atoms. The molecule has 0 atom stereocenters. The molecule has 0 aromatic carbocycles. The normalized spacial score (nSPS) is 10.3. The van der Waals surface area contributed by atoms with Crippen molar-refractivity contribution in [2.45, 2.75) is 40.0 Å². The molecule has 1 N–H and O–H groups in total. The van der Waals surface area contributed by atoms with Gasteiger partial charge in [-0.2, -0.15) is 0 Å². The van der Waals surface area contributed by atoms with Crippen molar-refractivity contribution in [3.05, 3.63) is 12.3 Å². The predicted octanol–water partition coefficient (Wildman–Crippen LogP) is 3.36. The monoisotopic (exact) mass is 191 g/mol. The van der Waals surface area contributed by atoms with Crippen molar-refractivity contribution in [1.29, 1.82) is 0 Å². The van der Waals surface area contributed by atoms with Gasteiger partial charge >= 0.3 is 0 Å². The first-order chi connectivity index (χ1) is 5.27. The van der Waals surface area contributed by atoms with Gasteiger partial charge in [0.15, 0.2) is 0 Å². The first kappa shape index (κ1) is 14.4. The average Bonchev–Trinajstić information content (AvgIpc) is 1.96. The summed E-state index contributed by atoms with van der Waals surface area (Å²) in [6, 6.07) is 0. The number of nitrogens with one attached hydrogen (secondary N) is 1. The van der Waals surface area contributed by atoms with Crippen LogP contribution in [0, 0.1) is 5.92 Å². The van der Waals surface area contributed by atoms with E-state index in [1.54, 1.807) is 0 Å². The predicted molar refractivity (Wildman–Crippen MR) is 58.8 cm³/mol. The Bertz CT molecular complexity index is 100. The van der Waals surface area contributed by atoms with E-state index in [-0.39, 0.29) is 12.4 Å². The molecule has 0 heterocycles. The summed E-state index contributed by atoms with van der Waals surface area (Å²) in [7, 11) is 0. The van der Waals surface area contributed by atoms with Crippen LogP contribution >= 0.6 is 12.4 Å². The van der Waals surface area contributed by atoms with Crippen molar-refractivity contribution in [2.75, 3.05) is 6.54 Å². The lowest BCUT2D eigenvalue weighted by molar-refractivity contribution is 0.679. The molecule has 0 aromatic heterocycles. The molecule has 0 aliphatic carbocycles. The molecule has 0 radical (unpaired) electrons. The zero-order valence-corrected chi connectivity index (χ0v) is 9.29. The summed E-state index contributed by atoms with van der Waals surface area (Å²) >= 11 is 0. The molecule has 0 bridgehead atoms. The summed E-state index contributed by atoms with van der Waals surface area (Å²) in [6.07, 6.45) is 8.18. The van der Waals surface area contributed by atoms with Crippen LogP contribution in [0.15, 0.2) is 12.3 Å². The first-order valence-corrected chi connectivity index (χ1v) is 4.67. The Morgan fingerprint density at radius 2 is 1.92 bits per heavy atom. The molecule has 0 aromatic rings. The van der Waals surface area contributed by atoms with Gasteiger partial charge in [0, 0.05) is 6.54 Å². The van der Waals surface area contributed by atoms with E-state index in [0.717, 1.165) is 6.54 Å². The largest absolute Gasteiger partial charge is 0.391 e. The van der Waals surface area contributed by atoms with E-state index in [2.05, 4.69) is 38.4 Å². The summed E-state index contributed by atoms with van der Waals surface area (Å²) in [5.41, 5.74) is 0. The number of rotatable bonds is 6. The zero-order valence-electron chi connectivity index (χ0n) is 8.47. The van der Waals surface area contributed by atoms with E-state index < -0.39 is 0 Å². The third-order valence-electron chi connectivity index (χ3n) is 1.52. The molecule has 0 unspecified atom stereocenters. The minimum atomic E-state index is 0. The molecule has 1 nitrogen and oxygen atoms in total. The quantitative estimate of drug-likeness (QED) is 0.635. The molecule has 0 spiro atoms. The van der Waals surface area contributed by atoms with E-state index in [1.165, 1.54) is 19.3 Å². The summed E-state index contributed by atoms with van der Waals surface area (Å²) in [4.78, 5) is 0. The molecule has 74 valence electrons. The first-order valence-electron chi connectivity index (χ1n) is 4.67. The van der Waals surface area contributed by atoms with Gasteiger partial charge < -0.3 is 5.32 Å². The van der Waals surface area contributed by atoms with E-state index in [9.17, 15) is 0 Å². The second-order valence-electron chi connectivity index (χ2n) is 3.26. The third kappa shape index (κ3) is 12.5. The van der Waals surface area contributed by atoms with Gasteiger partial charge in [-0.15, -0.1) is 12.4 Å². The van der Waals surface area contributed by atoms with Crippen molar-refractivity contribution in [1.82, 2.24) is 5.32 Å². The van der Waals surface area contributed by atoms with E-state index in [1.807, 2.05) is 0 Å². The van der Waals surface area contributed by atoms with Crippen molar-refractivity contribution in [3.8, 4) is 0 Å². The second kappa shape index (κ2) is 10.8. The van der Waals surface area contributed by atoms with E-state index in [4.69, 9.17) is 0 Å². The Kier molecular flexibility index (Phi) is 13.0. The molecule has 0 aliphatic heterocycles. The Labute approximate surface area is 83.0 Å². The molecule has 2 heteroatoms. The Balaban J connectivity index is 0. The minimum Gasteiger partial charge on any atom is -0.391 e. The third-order valence-corrected chi connectivity index (χ3v) is 1.52. The molecular formula is C10H22ClN. The molecule has 0 saturated heterocycles.